The maximum atomic E-state index is 12.2. The van der Waals surface area contributed by atoms with Crippen molar-refractivity contribution >= 4 is 17.7 Å². The first kappa shape index (κ1) is 16.5. The minimum atomic E-state index is -0.472. The topological polar surface area (TPSA) is 55.8 Å². The Kier molecular flexibility index (Phi) is 5.11. The van der Waals surface area contributed by atoms with Gasteiger partial charge in [-0.05, 0) is 23.3 Å². The lowest BCUT2D eigenvalue weighted by Crippen LogP contribution is -2.20. The van der Waals surface area contributed by atoms with E-state index < -0.39 is 12.1 Å². The van der Waals surface area contributed by atoms with Gasteiger partial charge in [0.05, 0.1) is 7.11 Å². The van der Waals surface area contributed by atoms with Crippen LogP contribution in [0.25, 0.3) is 0 Å². The van der Waals surface area contributed by atoms with Crippen molar-refractivity contribution in [2.75, 3.05) is 7.11 Å². The van der Waals surface area contributed by atoms with E-state index in [9.17, 15) is 9.90 Å². The highest BCUT2D eigenvalue weighted by molar-refractivity contribution is 8.03. The van der Waals surface area contributed by atoms with Crippen molar-refractivity contribution in [3.63, 3.8) is 0 Å². The normalized spacial score (nSPS) is 17.5. The van der Waals surface area contributed by atoms with Crippen LogP contribution in [0.4, 0.5) is 0 Å². The first-order valence-electron chi connectivity index (χ1n) is 7.61. The fourth-order valence-electron chi connectivity index (χ4n) is 2.49. The fraction of sp³-hybridized carbons (Fsp3) is 0.211. The van der Waals surface area contributed by atoms with Gasteiger partial charge in [-0.15, -0.1) is 11.8 Å². The number of cyclic esters (lactones) is 1. The van der Waals surface area contributed by atoms with E-state index >= 15 is 0 Å². The van der Waals surface area contributed by atoms with Gasteiger partial charge in [-0.3, -0.25) is 0 Å². The van der Waals surface area contributed by atoms with E-state index in [4.69, 9.17) is 9.47 Å². The van der Waals surface area contributed by atoms with Gasteiger partial charge in [0.1, 0.15) is 22.5 Å². The molecule has 0 aromatic heterocycles. The first-order valence-corrected chi connectivity index (χ1v) is 8.59. The van der Waals surface area contributed by atoms with Crippen molar-refractivity contribution in [2.24, 2.45) is 0 Å². The molecule has 124 valence electrons. The van der Waals surface area contributed by atoms with Crippen LogP contribution in [0.3, 0.4) is 0 Å². The van der Waals surface area contributed by atoms with Gasteiger partial charge < -0.3 is 14.6 Å². The largest absolute Gasteiger partial charge is 0.511 e. The third kappa shape index (κ3) is 3.74. The number of benzene rings is 2. The molecule has 1 N–H and O–H groups in total. The molecule has 1 aliphatic heterocycles. The number of carbonyl (C=O) groups excluding carboxylic acids is 1. The molecule has 0 spiro atoms. The van der Waals surface area contributed by atoms with Crippen LogP contribution in [0.1, 0.15) is 23.7 Å². The number of hydrogen-bond donors (Lipinski definition) is 1. The van der Waals surface area contributed by atoms with Crippen molar-refractivity contribution in [2.45, 2.75) is 18.3 Å². The molecule has 3 rings (SSSR count). The van der Waals surface area contributed by atoms with Crippen LogP contribution in [0.2, 0.25) is 0 Å². The molecule has 1 heterocycles. The second-order valence-electron chi connectivity index (χ2n) is 5.42. The monoisotopic (exact) mass is 342 g/mol. The van der Waals surface area contributed by atoms with E-state index in [2.05, 4.69) is 0 Å². The van der Waals surface area contributed by atoms with Crippen LogP contribution >= 0.6 is 11.8 Å². The zero-order valence-electron chi connectivity index (χ0n) is 13.3. The number of aliphatic hydroxyl groups excluding tert-OH is 1. The molecule has 0 aliphatic carbocycles. The Labute approximate surface area is 145 Å². The summed E-state index contributed by atoms with van der Waals surface area (Å²) in [6.45, 7) is 0. The maximum Gasteiger partial charge on any atom is 0.348 e. The molecular formula is C19H18O4S. The molecule has 1 unspecified atom stereocenters. The molecular weight excluding hydrogens is 324 g/mol. The van der Waals surface area contributed by atoms with Gasteiger partial charge in [-0.25, -0.2) is 4.79 Å². The minimum absolute atomic E-state index is 0.0907. The lowest BCUT2D eigenvalue weighted by Gasteiger charge is -2.24. The van der Waals surface area contributed by atoms with Gasteiger partial charge in [0.15, 0.2) is 0 Å². The van der Waals surface area contributed by atoms with Crippen molar-refractivity contribution in [1.29, 1.82) is 0 Å². The standard InChI is InChI=1S/C19H18O4S/c1-22-15-9-7-14(8-10-15)17-11-16(20)18(19(21)23-17)24-12-13-5-3-2-4-6-13/h2-10,17,20H,11-12H2,1H3. The molecule has 4 nitrogen and oxygen atoms in total. The van der Waals surface area contributed by atoms with Crippen LogP contribution < -0.4 is 4.74 Å². The number of hydrogen-bond acceptors (Lipinski definition) is 5. The number of carbonyl (C=O) groups is 1. The van der Waals surface area contributed by atoms with Crippen LogP contribution in [0.5, 0.6) is 5.75 Å². The Morgan fingerprint density at radius 2 is 1.88 bits per heavy atom. The average molecular weight is 342 g/mol. The number of methoxy groups -OCH3 is 1. The van der Waals surface area contributed by atoms with Crippen molar-refractivity contribution in [1.82, 2.24) is 0 Å². The molecule has 24 heavy (non-hydrogen) atoms. The zero-order valence-corrected chi connectivity index (χ0v) is 14.1. The lowest BCUT2D eigenvalue weighted by molar-refractivity contribution is -0.146. The van der Waals surface area contributed by atoms with Gasteiger partial charge in [0, 0.05) is 12.2 Å². The van der Waals surface area contributed by atoms with Gasteiger partial charge >= 0.3 is 5.97 Å². The van der Waals surface area contributed by atoms with Crippen LogP contribution in [-0.2, 0) is 15.3 Å². The van der Waals surface area contributed by atoms with Crippen LogP contribution in [-0.4, -0.2) is 18.2 Å². The number of aliphatic hydroxyl groups is 1. The van der Waals surface area contributed by atoms with Crippen LogP contribution in [0, 0.1) is 0 Å². The molecule has 0 bridgehead atoms. The van der Waals surface area contributed by atoms with Crippen molar-refractivity contribution < 1.29 is 19.4 Å². The van der Waals surface area contributed by atoms with E-state index in [0.717, 1.165) is 16.9 Å². The summed E-state index contributed by atoms with van der Waals surface area (Å²) in [6, 6.07) is 17.1. The average Bonchev–Trinajstić information content (AvgIpc) is 2.62. The van der Waals surface area contributed by atoms with Gasteiger partial charge in [-0.1, -0.05) is 42.5 Å². The molecule has 2 aromatic carbocycles. The molecule has 5 heteroatoms. The Morgan fingerprint density at radius 3 is 2.50 bits per heavy atom. The van der Waals surface area contributed by atoms with Crippen molar-refractivity contribution in [3.8, 4) is 5.75 Å². The van der Waals surface area contributed by atoms with Gasteiger partial charge in [0.25, 0.3) is 0 Å². The fourth-order valence-corrected chi connectivity index (χ4v) is 3.41. The Morgan fingerprint density at radius 1 is 1.17 bits per heavy atom. The number of ether oxygens (including phenoxy) is 2. The zero-order chi connectivity index (χ0) is 16.9. The molecule has 0 saturated carbocycles. The summed E-state index contributed by atoms with van der Waals surface area (Å²) < 4.78 is 10.6. The minimum Gasteiger partial charge on any atom is -0.511 e. The second-order valence-corrected chi connectivity index (χ2v) is 6.41. The SMILES string of the molecule is COc1ccc(C2CC(O)=C(SCc3ccccc3)C(=O)O2)cc1. The summed E-state index contributed by atoms with van der Waals surface area (Å²) in [7, 11) is 1.60. The Hall–Kier alpha value is -2.40. The summed E-state index contributed by atoms with van der Waals surface area (Å²) in [6.07, 6.45) is -0.181. The highest BCUT2D eigenvalue weighted by Crippen LogP contribution is 2.37. The second kappa shape index (κ2) is 7.45. The van der Waals surface area contributed by atoms with E-state index in [1.807, 2.05) is 54.6 Å². The lowest BCUT2D eigenvalue weighted by atomic mass is 10.0. The Balaban J connectivity index is 1.70. The molecule has 2 aromatic rings. The highest BCUT2D eigenvalue weighted by Gasteiger charge is 2.30. The molecule has 0 radical (unpaired) electrons. The summed E-state index contributed by atoms with van der Waals surface area (Å²) in [5.41, 5.74) is 1.93. The third-order valence-electron chi connectivity index (χ3n) is 3.79. The summed E-state index contributed by atoms with van der Waals surface area (Å²) >= 11 is 1.31. The summed E-state index contributed by atoms with van der Waals surface area (Å²) in [4.78, 5) is 12.5. The molecule has 1 aliphatic rings. The van der Waals surface area contributed by atoms with E-state index in [1.54, 1.807) is 7.11 Å². The number of rotatable bonds is 5. The summed E-state index contributed by atoms with van der Waals surface area (Å²) in [5, 5.41) is 10.3. The van der Waals surface area contributed by atoms with E-state index in [0.29, 0.717) is 10.7 Å². The third-order valence-corrected chi connectivity index (χ3v) is 4.96. The maximum absolute atomic E-state index is 12.2. The van der Waals surface area contributed by atoms with Gasteiger partial charge in [0.2, 0.25) is 0 Å². The molecule has 0 saturated heterocycles. The van der Waals surface area contributed by atoms with Crippen molar-refractivity contribution in [3.05, 3.63) is 76.4 Å². The Bertz CT molecular complexity index is 738. The van der Waals surface area contributed by atoms with Crippen LogP contribution in [0.15, 0.2) is 65.3 Å². The van der Waals surface area contributed by atoms with Gasteiger partial charge in [-0.2, -0.15) is 0 Å². The molecule has 0 amide bonds. The molecule has 1 atom stereocenters. The molecule has 0 fully saturated rings. The quantitative estimate of drug-likeness (QED) is 0.817. The van der Waals surface area contributed by atoms with E-state index in [1.165, 1.54) is 11.8 Å². The van der Waals surface area contributed by atoms with E-state index in [-0.39, 0.29) is 12.2 Å². The predicted molar refractivity (Wildman–Crippen MR) is 93.8 cm³/mol. The summed E-state index contributed by atoms with van der Waals surface area (Å²) in [5.74, 6) is 0.968. The predicted octanol–water partition coefficient (Wildman–Crippen LogP) is 4.39. The smallest absolute Gasteiger partial charge is 0.348 e. The number of thioether (sulfide) groups is 1. The highest BCUT2D eigenvalue weighted by atomic mass is 32.2. The first-order chi connectivity index (χ1) is 11.7. The number of esters is 1.